The molecule has 2 atom stereocenters. The molecule has 2 aliphatic rings. The van der Waals surface area contributed by atoms with Crippen LogP contribution in [0, 0.1) is 0 Å². The summed E-state index contributed by atoms with van der Waals surface area (Å²) in [6, 6.07) is 6.31. The second kappa shape index (κ2) is 17.4. The molecule has 2 fully saturated rings. The summed E-state index contributed by atoms with van der Waals surface area (Å²) < 4.78 is 0. The van der Waals surface area contributed by atoms with Crippen molar-refractivity contribution in [2.45, 2.75) is 59.5 Å². The van der Waals surface area contributed by atoms with Gasteiger partial charge < -0.3 is 20.6 Å². The monoisotopic (exact) mass is 480 g/mol. The van der Waals surface area contributed by atoms with Gasteiger partial charge in [-0.25, -0.2) is 4.79 Å². The highest BCUT2D eigenvalue weighted by Gasteiger charge is 2.39. The van der Waals surface area contributed by atoms with E-state index in [2.05, 4.69) is 53.5 Å². The molecule has 3 rings (SSSR count). The molecule has 1 amide bonds. The molecular formula is C25H44N4O3S. The van der Waals surface area contributed by atoms with Crippen molar-refractivity contribution in [3.8, 4) is 0 Å². The summed E-state index contributed by atoms with van der Waals surface area (Å²) in [6.45, 7) is 19.0. The van der Waals surface area contributed by atoms with Crippen molar-refractivity contribution in [2.24, 2.45) is 0 Å². The summed E-state index contributed by atoms with van der Waals surface area (Å²) in [5, 5.41) is 15.2. The van der Waals surface area contributed by atoms with Crippen LogP contribution in [0.4, 0.5) is 5.69 Å². The Morgan fingerprint density at radius 1 is 1.15 bits per heavy atom. The number of carbonyl (C=O) groups excluding carboxylic acids is 1. The number of carboxylic acid groups (broad SMARTS) is 1. The molecule has 2 unspecified atom stereocenters. The Kier molecular flexibility index (Phi) is 16.4. The van der Waals surface area contributed by atoms with Gasteiger partial charge in [-0.15, -0.1) is 0 Å². The third-order valence-corrected chi connectivity index (χ3v) is 5.14. The highest BCUT2D eigenvalue weighted by molar-refractivity contribution is 7.79. The summed E-state index contributed by atoms with van der Waals surface area (Å²) in [7, 11) is 0. The molecular weight excluding hydrogens is 436 g/mol. The lowest BCUT2D eigenvalue weighted by Gasteiger charge is -2.32. The van der Waals surface area contributed by atoms with Crippen LogP contribution >= 0.6 is 12.6 Å². The first-order valence-electron chi connectivity index (χ1n) is 11.8. The van der Waals surface area contributed by atoms with Gasteiger partial charge in [-0.3, -0.25) is 9.69 Å². The zero-order valence-electron chi connectivity index (χ0n) is 21.2. The van der Waals surface area contributed by atoms with Gasteiger partial charge in [-0.1, -0.05) is 40.7 Å². The number of carboxylic acids is 1. The number of nitrogens with one attached hydrogen (secondary N) is 2. The number of hydrogen-bond donors (Lipinski definition) is 4. The van der Waals surface area contributed by atoms with E-state index in [0.29, 0.717) is 11.7 Å². The second-order valence-electron chi connectivity index (χ2n) is 7.66. The average Bonchev–Trinajstić information content (AvgIpc) is 3.29. The number of amides is 1. The van der Waals surface area contributed by atoms with E-state index in [1.54, 1.807) is 18.4 Å². The Morgan fingerprint density at radius 2 is 1.67 bits per heavy atom. The van der Waals surface area contributed by atoms with Crippen LogP contribution in [-0.2, 0) is 4.79 Å². The lowest BCUT2D eigenvalue weighted by atomic mass is 10.1. The normalized spacial score (nSPS) is 19.5. The molecule has 8 heteroatoms. The number of carbonyl (C=O) groups is 2. The summed E-state index contributed by atoms with van der Waals surface area (Å²) in [5.74, 6) is -1.06. The summed E-state index contributed by atoms with van der Waals surface area (Å²) >= 11 is 3.53. The Morgan fingerprint density at radius 3 is 2.12 bits per heavy atom. The average molecular weight is 481 g/mol. The van der Waals surface area contributed by atoms with E-state index in [1.165, 1.54) is 18.6 Å². The number of benzene rings is 1. The zero-order chi connectivity index (χ0) is 25.4. The van der Waals surface area contributed by atoms with Gasteiger partial charge in [-0.2, -0.15) is 12.6 Å². The van der Waals surface area contributed by atoms with Crippen molar-refractivity contribution in [3.63, 3.8) is 0 Å². The maximum atomic E-state index is 12.8. The van der Waals surface area contributed by atoms with Crippen molar-refractivity contribution in [1.82, 2.24) is 15.1 Å². The van der Waals surface area contributed by atoms with Gasteiger partial charge in [0, 0.05) is 50.2 Å². The van der Waals surface area contributed by atoms with Crippen molar-refractivity contribution in [1.29, 1.82) is 0 Å². The zero-order valence-corrected chi connectivity index (χ0v) is 22.1. The lowest BCUT2D eigenvalue weighted by molar-refractivity contribution is -0.119. The van der Waals surface area contributed by atoms with Gasteiger partial charge in [0.2, 0.25) is 5.91 Å². The van der Waals surface area contributed by atoms with Crippen LogP contribution in [0.3, 0.4) is 0 Å². The molecule has 0 aliphatic carbocycles. The third-order valence-electron chi connectivity index (χ3n) is 5.14. The molecule has 188 valence electrons. The molecule has 0 saturated carbocycles. The minimum absolute atomic E-state index is 0.0753. The van der Waals surface area contributed by atoms with E-state index in [-0.39, 0.29) is 17.5 Å². The Hall–Kier alpha value is -2.03. The number of thiol groups is 1. The lowest BCUT2D eigenvalue weighted by Crippen LogP contribution is -2.49. The number of anilines is 1. The molecule has 2 aliphatic heterocycles. The molecule has 2 saturated heterocycles. The standard InChI is InChI=1S/C19H26N4O3.C3H8.C2H6.CH4S/c1-13(2)23-12-16(22-9-7-20-8-10-22)11-17(23)18(24)21-15-5-3-14(4-6-15)19(25)26;1-3-2;2*1-2/h3-6,16-17,20H,1,7-12H2,2H3,(H,21,24)(H,25,26);3H2,1-2H3;1-2H3;2H,1H3. The van der Waals surface area contributed by atoms with Crippen LogP contribution in [-0.4, -0.2) is 77.8 Å². The molecule has 0 spiro atoms. The maximum absolute atomic E-state index is 12.8. The first kappa shape index (κ1) is 31.0. The Labute approximate surface area is 206 Å². The quantitative estimate of drug-likeness (QED) is 0.473. The van der Waals surface area contributed by atoms with E-state index < -0.39 is 5.97 Å². The number of nitrogens with zero attached hydrogens (tertiary/aromatic N) is 2. The van der Waals surface area contributed by atoms with Gasteiger partial charge in [0.1, 0.15) is 6.04 Å². The van der Waals surface area contributed by atoms with Crippen LogP contribution < -0.4 is 10.6 Å². The number of likely N-dealkylation sites (tertiary alicyclic amines) is 1. The van der Waals surface area contributed by atoms with Gasteiger partial charge in [0.05, 0.1) is 5.56 Å². The predicted octanol–water partition coefficient (Wildman–Crippen LogP) is 4.19. The molecule has 1 aromatic rings. The molecule has 33 heavy (non-hydrogen) atoms. The molecule has 0 bridgehead atoms. The SMILES string of the molecule is C=C(C)N1CC(N2CCNCC2)CC1C(=O)Nc1ccc(C(=O)O)cc1.CC.CCC.CS. The number of aromatic carboxylic acids is 1. The number of rotatable bonds is 5. The fraction of sp³-hybridized carbons (Fsp3) is 0.600. The first-order chi connectivity index (χ1) is 15.9. The van der Waals surface area contributed by atoms with E-state index in [1.807, 2.05) is 20.8 Å². The van der Waals surface area contributed by atoms with Crippen molar-refractivity contribution in [2.75, 3.05) is 44.3 Å². The van der Waals surface area contributed by atoms with Crippen LogP contribution in [0.25, 0.3) is 0 Å². The molecule has 2 heterocycles. The molecule has 1 aromatic carbocycles. The largest absolute Gasteiger partial charge is 0.478 e. The molecule has 3 N–H and O–H groups in total. The highest BCUT2D eigenvalue weighted by Crippen LogP contribution is 2.27. The van der Waals surface area contributed by atoms with Crippen LogP contribution in [0.15, 0.2) is 36.5 Å². The third kappa shape index (κ3) is 10.2. The van der Waals surface area contributed by atoms with Gasteiger partial charge in [-0.05, 0) is 43.9 Å². The smallest absolute Gasteiger partial charge is 0.335 e. The van der Waals surface area contributed by atoms with Gasteiger partial charge >= 0.3 is 5.97 Å². The Balaban J connectivity index is 0.00000132. The predicted molar refractivity (Wildman–Crippen MR) is 142 cm³/mol. The fourth-order valence-electron chi connectivity index (χ4n) is 3.72. The van der Waals surface area contributed by atoms with Crippen molar-refractivity contribution in [3.05, 3.63) is 42.1 Å². The van der Waals surface area contributed by atoms with Crippen molar-refractivity contribution >= 4 is 30.2 Å². The fourth-order valence-corrected chi connectivity index (χ4v) is 3.72. The van der Waals surface area contributed by atoms with Crippen molar-refractivity contribution < 1.29 is 14.7 Å². The highest BCUT2D eigenvalue weighted by atomic mass is 32.1. The molecule has 0 aromatic heterocycles. The summed E-state index contributed by atoms with van der Waals surface area (Å²) in [5.41, 5.74) is 1.70. The summed E-state index contributed by atoms with van der Waals surface area (Å²) in [6.07, 6.45) is 3.71. The maximum Gasteiger partial charge on any atom is 0.335 e. The van der Waals surface area contributed by atoms with E-state index >= 15 is 0 Å². The van der Waals surface area contributed by atoms with E-state index in [9.17, 15) is 9.59 Å². The number of hydrogen-bond acceptors (Lipinski definition) is 6. The minimum atomic E-state index is -0.981. The first-order valence-corrected chi connectivity index (χ1v) is 12.7. The van der Waals surface area contributed by atoms with Gasteiger partial charge in [0.15, 0.2) is 0 Å². The summed E-state index contributed by atoms with van der Waals surface area (Å²) in [4.78, 5) is 28.3. The topological polar surface area (TPSA) is 84.9 Å². The van der Waals surface area contributed by atoms with Crippen LogP contribution in [0.1, 0.15) is 57.8 Å². The number of piperazine rings is 1. The minimum Gasteiger partial charge on any atom is -0.478 e. The van der Waals surface area contributed by atoms with Gasteiger partial charge in [0.25, 0.3) is 0 Å². The second-order valence-corrected chi connectivity index (χ2v) is 7.66. The number of allylic oxidation sites excluding steroid dienone is 1. The van der Waals surface area contributed by atoms with E-state index in [4.69, 9.17) is 5.11 Å². The molecule has 0 radical (unpaired) electrons. The molecule has 7 nitrogen and oxygen atoms in total. The Bertz CT molecular complexity index is 706. The van der Waals surface area contributed by atoms with Crippen LogP contribution in [0.5, 0.6) is 0 Å². The van der Waals surface area contributed by atoms with E-state index in [0.717, 1.165) is 44.8 Å². The van der Waals surface area contributed by atoms with Crippen LogP contribution in [0.2, 0.25) is 0 Å².